The monoisotopic (exact) mass is 286 g/mol. The van der Waals surface area contributed by atoms with Crippen LogP contribution in [0, 0.1) is 12.7 Å². The molecule has 0 aliphatic carbocycles. The van der Waals surface area contributed by atoms with Gasteiger partial charge in [0.25, 0.3) is 5.91 Å². The van der Waals surface area contributed by atoms with Crippen molar-refractivity contribution >= 4 is 17.2 Å². The number of carbonyl (C=O) groups excluding carboxylic acids is 1. The topological polar surface area (TPSA) is 79.5 Å². The van der Waals surface area contributed by atoms with Gasteiger partial charge in [0.05, 0.1) is 11.9 Å². The van der Waals surface area contributed by atoms with Gasteiger partial charge >= 0.3 is 0 Å². The number of benzene rings is 1. The zero-order valence-corrected chi connectivity index (χ0v) is 11.0. The highest BCUT2D eigenvalue weighted by molar-refractivity contribution is 6.08. The van der Waals surface area contributed by atoms with Crippen LogP contribution in [0.1, 0.15) is 16.1 Å². The molecule has 0 radical (unpaired) electrons. The molecule has 2 heterocycles. The molecule has 0 aliphatic heterocycles. The summed E-state index contributed by atoms with van der Waals surface area (Å²) >= 11 is 0. The Morgan fingerprint density at radius 3 is 2.95 bits per heavy atom. The minimum absolute atomic E-state index is 0.0233. The van der Waals surface area contributed by atoms with Crippen molar-refractivity contribution in [1.29, 1.82) is 0 Å². The Hall–Kier alpha value is -2.96. The predicted octanol–water partition coefficient (Wildman–Crippen LogP) is 2.13. The molecular formula is C14H11FN4O2. The zero-order chi connectivity index (χ0) is 15.0. The first-order valence-corrected chi connectivity index (χ1v) is 6.15. The number of hydrogen-bond donors (Lipinski definition) is 2. The summed E-state index contributed by atoms with van der Waals surface area (Å²) in [7, 11) is 0. The number of nitrogens with one attached hydrogen (secondary N) is 1. The highest BCUT2D eigenvalue weighted by atomic mass is 19.1. The number of nitrogens with zero attached hydrogens (tertiary/aromatic N) is 3. The van der Waals surface area contributed by atoms with Crippen LogP contribution in [0.25, 0.3) is 5.65 Å². The maximum Gasteiger partial charge on any atom is 0.261 e. The normalized spacial score (nSPS) is 10.8. The quantitative estimate of drug-likeness (QED) is 0.707. The smallest absolute Gasteiger partial charge is 0.261 e. The number of aryl methyl sites for hydroxylation is 1. The SMILES string of the molecule is Cc1ccn2ncc(C(=O)Nc3ccc(O)cc3F)c2n1. The number of fused-ring (bicyclic) bond motifs is 1. The fourth-order valence-corrected chi connectivity index (χ4v) is 1.91. The van der Waals surface area contributed by atoms with E-state index in [4.69, 9.17) is 5.11 Å². The number of aromatic nitrogens is 3. The van der Waals surface area contributed by atoms with Crippen LogP contribution >= 0.6 is 0 Å². The van der Waals surface area contributed by atoms with Crippen LogP contribution in [0.5, 0.6) is 5.75 Å². The van der Waals surface area contributed by atoms with Crippen LogP contribution in [0.4, 0.5) is 10.1 Å². The Bertz CT molecular complexity index is 844. The van der Waals surface area contributed by atoms with E-state index in [0.29, 0.717) is 5.65 Å². The number of hydrogen-bond acceptors (Lipinski definition) is 4. The highest BCUT2D eigenvalue weighted by Crippen LogP contribution is 2.20. The van der Waals surface area contributed by atoms with Crippen LogP contribution in [0.3, 0.4) is 0 Å². The molecule has 6 nitrogen and oxygen atoms in total. The van der Waals surface area contributed by atoms with Crippen molar-refractivity contribution in [3.8, 4) is 5.75 Å². The standard InChI is InChI=1S/C14H11FN4O2/c1-8-4-5-19-13(17-8)10(7-16-19)14(21)18-12-3-2-9(20)6-11(12)15/h2-7,20H,1H3,(H,18,21). The van der Waals surface area contributed by atoms with Crippen molar-refractivity contribution in [2.75, 3.05) is 5.32 Å². The van der Waals surface area contributed by atoms with Gasteiger partial charge in [-0.05, 0) is 25.1 Å². The molecule has 0 bridgehead atoms. The van der Waals surface area contributed by atoms with Gasteiger partial charge < -0.3 is 10.4 Å². The maximum atomic E-state index is 13.6. The molecule has 2 aromatic heterocycles. The Morgan fingerprint density at radius 1 is 1.38 bits per heavy atom. The van der Waals surface area contributed by atoms with E-state index in [9.17, 15) is 9.18 Å². The summed E-state index contributed by atoms with van der Waals surface area (Å²) < 4.78 is 15.1. The molecule has 0 unspecified atom stereocenters. The Kier molecular flexibility index (Phi) is 3.02. The lowest BCUT2D eigenvalue weighted by Gasteiger charge is -2.05. The molecule has 1 amide bonds. The van der Waals surface area contributed by atoms with E-state index in [1.54, 1.807) is 19.2 Å². The first-order chi connectivity index (χ1) is 10.0. The number of amides is 1. The molecule has 106 valence electrons. The number of rotatable bonds is 2. The first-order valence-electron chi connectivity index (χ1n) is 6.15. The van der Waals surface area contributed by atoms with Gasteiger partial charge in [0.2, 0.25) is 0 Å². The van der Waals surface area contributed by atoms with Gasteiger partial charge in [-0.15, -0.1) is 0 Å². The number of phenolic OH excluding ortho intramolecular Hbond substituents is 1. The van der Waals surface area contributed by atoms with E-state index in [1.165, 1.54) is 22.8 Å². The summed E-state index contributed by atoms with van der Waals surface area (Å²) in [6.07, 6.45) is 3.06. The van der Waals surface area contributed by atoms with Gasteiger partial charge in [-0.2, -0.15) is 5.10 Å². The number of halogens is 1. The van der Waals surface area contributed by atoms with Crippen LogP contribution in [-0.2, 0) is 0 Å². The lowest BCUT2D eigenvalue weighted by molar-refractivity contribution is 0.102. The van der Waals surface area contributed by atoms with Crippen molar-refractivity contribution in [3.05, 3.63) is 53.7 Å². The number of carbonyl (C=O) groups is 1. The third kappa shape index (κ3) is 2.40. The molecule has 3 rings (SSSR count). The molecule has 0 spiro atoms. The molecule has 3 aromatic rings. The molecule has 21 heavy (non-hydrogen) atoms. The van der Waals surface area contributed by atoms with Crippen molar-refractivity contribution in [2.45, 2.75) is 6.92 Å². The van der Waals surface area contributed by atoms with E-state index in [1.807, 2.05) is 0 Å². The van der Waals surface area contributed by atoms with E-state index < -0.39 is 11.7 Å². The largest absolute Gasteiger partial charge is 0.508 e. The summed E-state index contributed by atoms with van der Waals surface area (Å²) in [6.45, 7) is 1.80. The highest BCUT2D eigenvalue weighted by Gasteiger charge is 2.16. The van der Waals surface area contributed by atoms with Crippen LogP contribution < -0.4 is 5.32 Å². The van der Waals surface area contributed by atoms with E-state index in [0.717, 1.165) is 11.8 Å². The number of aromatic hydroxyl groups is 1. The lowest BCUT2D eigenvalue weighted by atomic mass is 10.2. The summed E-state index contributed by atoms with van der Waals surface area (Å²) in [5.41, 5.74) is 1.36. The molecule has 2 N–H and O–H groups in total. The van der Waals surface area contributed by atoms with Crippen molar-refractivity contribution in [2.24, 2.45) is 0 Å². The molecule has 1 aromatic carbocycles. The van der Waals surface area contributed by atoms with Crippen molar-refractivity contribution < 1.29 is 14.3 Å². The van der Waals surface area contributed by atoms with Gasteiger partial charge in [-0.1, -0.05) is 0 Å². The molecule has 0 fully saturated rings. The van der Waals surface area contributed by atoms with Crippen molar-refractivity contribution in [1.82, 2.24) is 14.6 Å². The number of phenols is 1. The second-order valence-electron chi connectivity index (χ2n) is 4.51. The van der Waals surface area contributed by atoms with Crippen LogP contribution in [0.15, 0.2) is 36.7 Å². The predicted molar refractivity (Wildman–Crippen MR) is 73.7 cm³/mol. The Morgan fingerprint density at radius 2 is 2.19 bits per heavy atom. The third-order valence-corrected chi connectivity index (χ3v) is 2.95. The lowest BCUT2D eigenvalue weighted by Crippen LogP contribution is -2.13. The minimum Gasteiger partial charge on any atom is -0.508 e. The van der Waals surface area contributed by atoms with Gasteiger partial charge in [-0.3, -0.25) is 4.79 Å². The average Bonchev–Trinajstić information content (AvgIpc) is 2.85. The summed E-state index contributed by atoms with van der Waals surface area (Å²) in [5.74, 6) is -1.45. The molecule has 0 atom stereocenters. The van der Waals surface area contributed by atoms with Crippen LogP contribution in [0.2, 0.25) is 0 Å². The van der Waals surface area contributed by atoms with Gasteiger partial charge in [-0.25, -0.2) is 13.9 Å². The van der Waals surface area contributed by atoms with Crippen molar-refractivity contribution in [3.63, 3.8) is 0 Å². The van der Waals surface area contributed by atoms with E-state index in [-0.39, 0.29) is 17.0 Å². The van der Waals surface area contributed by atoms with E-state index >= 15 is 0 Å². The molecular weight excluding hydrogens is 275 g/mol. The summed E-state index contributed by atoms with van der Waals surface area (Å²) in [6, 6.07) is 5.26. The maximum absolute atomic E-state index is 13.6. The minimum atomic E-state index is -0.719. The summed E-state index contributed by atoms with van der Waals surface area (Å²) in [5, 5.41) is 15.6. The summed E-state index contributed by atoms with van der Waals surface area (Å²) in [4.78, 5) is 16.4. The zero-order valence-electron chi connectivity index (χ0n) is 11.0. The fourth-order valence-electron chi connectivity index (χ4n) is 1.91. The molecule has 7 heteroatoms. The second kappa shape index (κ2) is 4.86. The molecule has 0 saturated carbocycles. The Labute approximate surface area is 118 Å². The fraction of sp³-hybridized carbons (Fsp3) is 0.0714. The van der Waals surface area contributed by atoms with Gasteiger partial charge in [0, 0.05) is 18.0 Å². The Balaban J connectivity index is 1.95. The average molecular weight is 286 g/mol. The van der Waals surface area contributed by atoms with Crippen LogP contribution in [-0.4, -0.2) is 25.6 Å². The number of anilines is 1. The second-order valence-corrected chi connectivity index (χ2v) is 4.51. The molecule has 0 saturated heterocycles. The third-order valence-electron chi connectivity index (χ3n) is 2.95. The first kappa shape index (κ1) is 13.0. The molecule has 0 aliphatic rings. The van der Waals surface area contributed by atoms with E-state index in [2.05, 4.69) is 15.4 Å². The van der Waals surface area contributed by atoms with Gasteiger partial charge in [0.15, 0.2) is 5.65 Å². The van der Waals surface area contributed by atoms with Gasteiger partial charge in [0.1, 0.15) is 17.1 Å².